The Morgan fingerprint density at radius 2 is 2.22 bits per heavy atom. The van der Waals surface area contributed by atoms with Crippen molar-refractivity contribution >= 4 is 11.6 Å². The van der Waals surface area contributed by atoms with Gasteiger partial charge in [-0.05, 0) is 12.5 Å². The third-order valence-electron chi connectivity index (χ3n) is 2.14. The quantitative estimate of drug-likeness (QED) is 0.375. The van der Waals surface area contributed by atoms with Gasteiger partial charge < -0.3 is 5.32 Å². The SMILES string of the molecule is C#CCCCNC(=O)c1cc(F)cc([N+](=O)[O-])c1. The zero-order valence-corrected chi connectivity index (χ0v) is 9.48. The molecule has 0 saturated heterocycles. The van der Waals surface area contributed by atoms with Crippen molar-refractivity contribution in [2.75, 3.05) is 6.54 Å². The summed E-state index contributed by atoms with van der Waals surface area (Å²) in [4.78, 5) is 21.3. The number of nitrogens with zero attached hydrogens (tertiary/aromatic N) is 1. The molecule has 1 amide bonds. The van der Waals surface area contributed by atoms with E-state index in [4.69, 9.17) is 6.42 Å². The van der Waals surface area contributed by atoms with Crippen LogP contribution in [0.1, 0.15) is 23.2 Å². The summed E-state index contributed by atoms with van der Waals surface area (Å²) in [5, 5.41) is 13.0. The second-order valence-electron chi connectivity index (χ2n) is 3.52. The molecule has 0 saturated carbocycles. The van der Waals surface area contributed by atoms with Crippen molar-refractivity contribution < 1.29 is 14.1 Å². The van der Waals surface area contributed by atoms with Crippen molar-refractivity contribution in [1.82, 2.24) is 5.32 Å². The number of non-ortho nitro benzene ring substituents is 1. The van der Waals surface area contributed by atoms with Crippen molar-refractivity contribution in [1.29, 1.82) is 0 Å². The van der Waals surface area contributed by atoms with Gasteiger partial charge in [0.1, 0.15) is 5.82 Å². The predicted molar refractivity (Wildman–Crippen MR) is 63.5 cm³/mol. The van der Waals surface area contributed by atoms with Gasteiger partial charge in [0.05, 0.1) is 11.0 Å². The highest BCUT2D eigenvalue weighted by Crippen LogP contribution is 2.16. The van der Waals surface area contributed by atoms with Gasteiger partial charge in [0.15, 0.2) is 0 Å². The third kappa shape index (κ3) is 3.87. The lowest BCUT2D eigenvalue weighted by Gasteiger charge is -2.04. The molecule has 0 unspecified atom stereocenters. The molecule has 5 nitrogen and oxygen atoms in total. The van der Waals surface area contributed by atoms with Crippen LogP contribution in [0.3, 0.4) is 0 Å². The Hall–Kier alpha value is -2.42. The maximum atomic E-state index is 13.1. The molecule has 0 aliphatic carbocycles. The van der Waals surface area contributed by atoms with E-state index in [-0.39, 0.29) is 5.56 Å². The van der Waals surface area contributed by atoms with Gasteiger partial charge in [-0.1, -0.05) is 0 Å². The topological polar surface area (TPSA) is 72.2 Å². The maximum Gasteiger partial charge on any atom is 0.273 e. The van der Waals surface area contributed by atoms with Crippen LogP contribution in [-0.2, 0) is 0 Å². The molecule has 94 valence electrons. The Labute approximate surface area is 103 Å². The van der Waals surface area contributed by atoms with Crippen LogP contribution < -0.4 is 5.32 Å². The fourth-order valence-corrected chi connectivity index (χ4v) is 1.31. The lowest BCUT2D eigenvalue weighted by Crippen LogP contribution is -2.24. The van der Waals surface area contributed by atoms with Gasteiger partial charge in [0, 0.05) is 24.6 Å². The Morgan fingerprint density at radius 3 is 2.83 bits per heavy atom. The number of hydrogen-bond donors (Lipinski definition) is 1. The first-order chi connectivity index (χ1) is 8.54. The molecule has 6 heteroatoms. The number of nitro benzene ring substituents is 1. The van der Waals surface area contributed by atoms with Gasteiger partial charge in [-0.2, -0.15) is 0 Å². The number of benzene rings is 1. The summed E-state index contributed by atoms with van der Waals surface area (Å²) < 4.78 is 13.1. The number of hydrogen-bond acceptors (Lipinski definition) is 3. The summed E-state index contributed by atoms with van der Waals surface area (Å²) in [6.45, 7) is 0.341. The zero-order chi connectivity index (χ0) is 13.5. The van der Waals surface area contributed by atoms with Crippen molar-refractivity contribution in [3.63, 3.8) is 0 Å². The summed E-state index contributed by atoms with van der Waals surface area (Å²) in [6.07, 6.45) is 6.16. The van der Waals surface area contributed by atoms with Crippen LogP contribution in [0.2, 0.25) is 0 Å². The van der Waals surface area contributed by atoms with Crippen LogP contribution in [0.25, 0.3) is 0 Å². The smallest absolute Gasteiger partial charge is 0.273 e. The van der Waals surface area contributed by atoms with Gasteiger partial charge in [0.2, 0.25) is 0 Å². The molecule has 0 heterocycles. The Morgan fingerprint density at radius 1 is 1.50 bits per heavy atom. The van der Waals surface area contributed by atoms with Crippen LogP contribution >= 0.6 is 0 Å². The van der Waals surface area contributed by atoms with Gasteiger partial charge >= 0.3 is 0 Å². The normalized spacial score (nSPS) is 9.56. The molecule has 0 aliphatic heterocycles. The number of unbranched alkanes of at least 4 members (excludes halogenated alkanes) is 1. The van der Waals surface area contributed by atoms with Crippen LogP contribution in [0, 0.1) is 28.3 Å². The van der Waals surface area contributed by atoms with Gasteiger partial charge in [0.25, 0.3) is 11.6 Å². The monoisotopic (exact) mass is 250 g/mol. The average Bonchev–Trinajstić information content (AvgIpc) is 2.33. The van der Waals surface area contributed by atoms with Crippen LogP contribution in [0.5, 0.6) is 0 Å². The number of amides is 1. The van der Waals surface area contributed by atoms with E-state index in [9.17, 15) is 19.3 Å². The number of carbonyl (C=O) groups excluding carboxylic acids is 1. The molecule has 0 radical (unpaired) electrons. The first-order valence-corrected chi connectivity index (χ1v) is 5.21. The van der Waals surface area contributed by atoms with E-state index in [1.165, 1.54) is 0 Å². The Kier molecular flexibility index (Phi) is 4.81. The highest BCUT2D eigenvalue weighted by atomic mass is 19.1. The minimum Gasteiger partial charge on any atom is -0.352 e. The van der Waals surface area contributed by atoms with E-state index in [1.807, 2.05) is 0 Å². The largest absolute Gasteiger partial charge is 0.352 e. The van der Waals surface area contributed by atoms with Crippen molar-refractivity contribution in [2.24, 2.45) is 0 Å². The molecule has 0 atom stereocenters. The molecule has 0 bridgehead atoms. The first-order valence-electron chi connectivity index (χ1n) is 5.21. The van der Waals surface area contributed by atoms with E-state index in [0.717, 1.165) is 18.2 Å². The lowest BCUT2D eigenvalue weighted by atomic mass is 10.2. The maximum absolute atomic E-state index is 13.1. The second-order valence-corrected chi connectivity index (χ2v) is 3.52. The van der Waals surface area contributed by atoms with E-state index >= 15 is 0 Å². The van der Waals surface area contributed by atoms with Crippen LogP contribution in [0.4, 0.5) is 10.1 Å². The number of carbonyl (C=O) groups is 1. The molecular formula is C12H11FN2O3. The highest BCUT2D eigenvalue weighted by Gasteiger charge is 2.14. The van der Waals surface area contributed by atoms with Gasteiger partial charge in [-0.3, -0.25) is 14.9 Å². The lowest BCUT2D eigenvalue weighted by molar-refractivity contribution is -0.385. The number of terminal acetylenes is 1. The Balaban J connectivity index is 2.74. The standard InChI is InChI=1S/C12H11FN2O3/c1-2-3-4-5-14-12(16)9-6-10(13)8-11(7-9)15(17)18/h1,6-8H,3-5H2,(H,14,16). The van der Waals surface area contributed by atoms with Crippen molar-refractivity contribution in [3.05, 3.63) is 39.7 Å². The van der Waals surface area contributed by atoms with Crippen LogP contribution in [-0.4, -0.2) is 17.4 Å². The second kappa shape index (κ2) is 6.35. The molecular weight excluding hydrogens is 239 g/mol. The molecule has 18 heavy (non-hydrogen) atoms. The van der Waals surface area contributed by atoms with Crippen molar-refractivity contribution in [3.8, 4) is 12.3 Å². The van der Waals surface area contributed by atoms with Gasteiger partial charge in [-0.25, -0.2) is 4.39 Å². The third-order valence-corrected chi connectivity index (χ3v) is 2.14. The number of nitro groups is 1. The molecule has 1 N–H and O–H groups in total. The summed E-state index contributed by atoms with van der Waals surface area (Å²) in [6, 6.07) is 2.73. The van der Waals surface area contributed by atoms with E-state index < -0.39 is 22.3 Å². The van der Waals surface area contributed by atoms with Crippen LogP contribution in [0.15, 0.2) is 18.2 Å². The fraction of sp³-hybridized carbons (Fsp3) is 0.250. The molecule has 1 rings (SSSR count). The Bertz CT molecular complexity index is 509. The molecule has 0 aliphatic rings. The van der Waals surface area contributed by atoms with Gasteiger partial charge in [-0.15, -0.1) is 12.3 Å². The summed E-state index contributed by atoms with van der Waals surface area (Å²) in [5.74, 6) is 1.03. The minimum atomic E-state index is -0.821. The summed E-state index contributed by atoms with van der Waals surface area (Å²) in [7, 11) is 0. The predicted octanol–water partition coefficient (Wildman–Crippen LogP) is 1.88. The molecule has 0 aromatic heterocycles. The fourth-order valence-electron chi connectivity index (χ4n) is 1.31. The molecule has 0 fully saturated rings. The van der Waals surface area contributed by atoms with E-state index in [0.29, 0.717) is 19.4 Å². The minimum absolute atomic E-state index is 0.0811. The first kappa shape index (κ1) is 13.6. The number of rotatable bonds is 5. The molecule has 1 aromatic rings. The average molecular weight is 250 g/mol. The van der Waals surface area contributed by atoms with Crippen molar-refractivity contribution in [2.45, 2.75) is 12.8 Å². The molecule has 0 spiro atoms. The summed E-state index contributed by atoms with van der Waals surface area (Å²) >= 11 is 0. The van der Waals surface area contributed by atoms with E-state index in [1.54, 1.807) is 0 Å². The molecule has 1 aromatic carbocycles. The number of halogens is 1. The highest BCUT2D eigenvalue weighted by molar-refractivity contribution is 5.94. The zero-order valence-electron chi connectivity index (χ0n) is 9.48. The van der Waals surface area contributed by atoms with E-state index in [2.05, 4.69) is 11.2 Å². The summed E-state index contributed by atoms with van der Waals surface area (Å²) in [5.41, 5.74) is -0.536. The number of nitrogens with one attached hydrogen (secondary N) is 1.